The molecule has 0 radical (unpaired) electrons. The van der Waals surface area contributed by atoms with Gasteiger partial charge in [0, 0.05) is 23.4 Å². The fourth-order valence-corrected chi connectivity index (χ4v) is 3.97. The van der Waals surface area contributed by atoms with E-state index in [9.17, 15) is 19.2 Å². The Bertz CT molecular complexity index is 1340. The number of fused-ring (bicyclic) bond motifs is 2. The van der Waals surface area contributed by atoms with Crippen molar-refractivity contribution in [1.82, 2.24) is 0 Å². The van der Waals surface area contributed by atoms with Crippen molar-refractivity contribution in [3.63, 3.8) is 0 Å². The van der Waals surface area contributed by atoms with Crippen molar-refractivity contribution < 1.29 is 28.3 Å². The first-order valence-corrected chi connectivity index (χ1v) is 10.8. The van der Waals surface area contributed by atoms with Crippen molar-refractivity contribution in [1.29, 1.82) is 0 Å². The van der Waals surface area contributed by atoms with Gasteiger partial charge in [0.1, 0.15) is 17.9 Å². The monoisotopic (exact) mass is 464 g/mol. The highest BCUT2D eigenvalue weighted by Crippen LogP contribution is 2.29. The zero-order valence-corrected chi connectivity index (χ0v) is 19.0. The molecule has 3 aromatic rings. The van der Waals surface area contributed by atoms with E-state index in [1.54, 1.807) is 49.4 Å². The van der Waals surface area contributed by atoms with E-state index in [4.69, 9.17) is 13.9 Å². The summed E-state index contributed by atoms with van der Waals surface area (Å²) in [5.41, 5.74) is 2.00. The molecule has 176 valence electrons. The fraction of sp³-hybridized carbons (Fsp3) is 0.280. The molecule has 0 spiro atoms. The lowest BCUT2D eigenvalue weighted by molar-refractivity contribution is -0.153. The number of aryl methyl sites for hydroxylation is 1. The van der Waals surface area contributed by atoms with Crippen LogP contribution in [-0.4, -0.2) is 37.5 Å². The first kappa shape index (κ1) is 23.0. The number of anilines is 2. The summed E-state index contributed by atoms with van der Waals surface area (Å²) in [5.74, 6) is -0.907. The minimum absolute atomic E-state index is 0.102. The maximum atomic E-state index is 12.9. The summed E-state index contributed by atoms with van der Waals surface area (Å²) in [6, 6.07) is 12.1. The van der Waals surface area contributed by atoms with Gasteiger partial charge in [0.05, 0.1) is 18.5 Å². The Morgan fingerprint density at radius 1 is 1.18 bits per heavy atom. The van der Waals surface area contributed by atoms with Crippen LogP contribution in [0.25, 0.3) is 11.0 Å². The molecular formula is C25H24N2O7. The van der Waals surface area contributed by atoms with Gasteiger partial charge in [-0.25, -0.2) is 4.79 Å². The normalized spacial score (nSPS) is 13.7. The smallest absolute Gasteiger partial charge is 0.339 e. The fourth-order valence-electron chi connectivity index (χ4n) is 3.97. The highest BCUT2D eigenvalue weighted by Gasteiger charge is 2.31. The van der Waals surface area contributed by atoms with E-state index in [1.165, 1.54) is 18.9 Å². The number of ether oxygens (including phenoxy) is 2. The highest BCUT2D eigenvalue weighted by molar-refractivity contribution is 6.11. The predicted molar refractivity (Wildman–Crippen MR) is 125 cm³/mol. The molecule has 1 aliphatic rings. The molecule has 9 nitrogen and oxygen atoms in total. The van der Waals surface area contributed by atoms with Gasteiger partial charge < -0.3 is 19.2 Å². The maximum Gasteiger partial charge on any atom is 0.339 e. The van der Waals surface area contributed by atoms with Crippen LogP contribution in [0, 0.1) is 6.92 Å². The number of hydrogen-bond donors (Lipinski definition) is 1. The Labute approximate surface area is 195 Å². The number of hydrogen-bond acceptors (Lipinski definition) is 7. The molecule has 34 heavy (non-hydrogen) atoms. The molecule has 2 heterocycles. The van der Waals surface area contributed by atoms with Gasteiger partial charge in [-0.05, 0) is 50.1 Å². The second kappa shape index (κ2) is 9.38. The lowest BCUT2D eigenvalue weighted by Crippen LogP contribution is -2.47. The minimum atomic E-state index is -1.10. The highest BCUT2D eigenvalue weighted by atomic mass is 16.5. The van der Waals surface area contributed by atoms with Crippen LogP contribution in [0.4, 0.5) is 11.4 Å². The molecule has 1 aromatic heterocycles. The van der Waals surface area contributed by atoms with E-state index in [0.717, 1.165) is 5.39 Å². The number of carbonyl (C=O) groups is 3. The summed E-state index contributed by atoms with van der Waals surface area (Å²) >= 11 is 0. The average Bonchev–Trinajstić information content (AvgIpc) is 2.82. The SMILES string of the molecule is COc1ccc2c(C)c(CCC(=O)OC(C)C(=O)N3CC(=O)Nc4ccccc43)c(=O)oc2c1. The number of nitrogens with zero attached hydrogens (tertiary/aromatic N) is 1. The molecule has 1 atom stereocenters. The summed E-state index contributed by atoms with van der Waals surface area (Å²) in [4.78, 5) is 51.2. The second-order valence-electron chi connectivity index (χ2n) is 7.98. The van der Waals surface area contributed by atoms with Crippen molar-refractivity contribution in [2.75, 3.05) is 23.9 Å². The lowest BCUT2D eigenvalue weighted by Gasteiger charge is -2.30. The summed E-state index contributed by atoms with van der Waals surface area (Å²) in [7, 11) is 1.52. The number of para-hydroxylation sites is 2. The summed E-state index contributed by atoms with van der Waals surface area (Å²) in [6.07, 6.45) is -1.11. The quantitative estimate of drug-likeness (QED) is 0.440. The van der Waals surface area contributed by atoms with Crippen molar-refractivity contribution in [2.45, 2.75) is 32.8 Å². The van der Waals surface area contributed by atoms with Gasteiger partial charge in [-0.1, -0.05) is 12.1 Å². The Kier molecular flexibility index (Phi) is 6.36. The summed E-state index contributed by atoms with van der Waals surface area (Å²) in [6.45, 7) is 3.08. The van der Waals surface area contributed by atoms with Crippen LogP contribution in [0.1, 0.15) is 24.5 Å². The van der Waals surface area contributed by atoms with Crippen LogP contribution in [0.15, 0.2) is 51.7 Å². The lowest BCUT2D eigenvalue weighted by atomic mass is 10.0. The Morgan fingerprint density at radius 2 is 1.94 bits per heavy atom. The summed E-state index contributed by atoms with van der Waals surface area (Å²) in [5, 5.41) is 3.45. The zero-order valence-electron chi connectivity index (χ0n) is 19.0. The minimum Gasteiger partial charge on any atom is -0.497 e. The summed E-state index contributed by atoms with van der Waals surface area (Å²) < 4.78 is 15.9. The van der Waals surface area contributed by atoms with Crippen molar-refractivity contribution >= 4 is 40.1 Å². The molecule has 9 heteroatoms. The Morgan fingerprint density at radius 3 is 2.71 bits per heavy atom. The van der Waals surface area contributed by atoms with E-state index in [0.29, 0.717) is 33.8 Å². The van der Waals surface area contributed by atoms with Crippen LogP contribution in [0.3, 0.4) is 0 Å². The largest absolute Gasteiger partial charge is 0.497 e. The van der Waals surface area contributed by atoms with Gasteiger partial charge in [-0.2, -0.15) is 0 Å². The van der Waals surface area contributed by atoms with Crippen LogP contribution in [0.5, 0.6) is 5.75 Å². The third-order valence-electron chi connectivity index (χ3n) is 5.77. The topological polar surface area (TPSA) is 115 Å². The Hall–Kier alpha value is -4.14. The molecule has 0 aliphatic carbocycles. The van der Waals surface area contributed by atoms with Crippen LogP contribution in [-0.2, 0) is 25.5 Å². The van der Waals surface area contributed by atoms with E-state index in [-0.39, 0.29) is 25.3 Å². The van der Waals surface area contributed by atoms with Gasteiger partial charge in [-0.3, -0.25) is 19.3 Å². The average molecular weight is 464 g/mol. The van der Waals surface area contributed by atoms with Gasteiger partial charge in [0.25, 0.3) is 5.91 Å². The molecule has 0 bridgehead atoms. The van der Waals surface area contributed by atoms with E-state index < -0.39 is 23.6 Å². The van der Waals surface area contributed by atoms with Gasteiger partial charge in [0.15, 0.2) is 6.10 Å². The molecule has 0 saturated carbocycles. The van der Waals surface area contributed by atoms with Crippen molar-refractivity contribution in [2.24, 2.45) is 0 Å². The van der Waals surface area contributed by atoms with E-state index >= 15 is 0 Å². The number of benzene rings is 2. The first-order chi connectivity index (χ1) is 16.3. The van der Waals surface area contributed by atoms with E-state index in [2.05, 4.69) is 5.32 Å². The third kappa shape index (κ3) is 4.50. The molecule has 1 unspecified atom stereocenters. The van der Waals surface area contributed by atoms with Crippen molar-refractivity contribution in [3.8, 4) is 5.75 Å². The number of nitrogens with one attached hydrogen (secondary N) is 1. The van der Waals surface area contributed by atoms with Crippen LogP contribution in [0.2, 0.25) is 0 Å². The number of methoxy groups -OCH3 is 1. The van der Waals surface area contributed by atoms with Crippen molar-refractivity contribution in [3.05, 3.63) is 64.0 Å². The molecule has 0 fully saturated rings. The van der Waals surface area contributed by atoms with Gasteiger partial charge in [0.2, 0.25) is 5.91 Å². The van der Waals surface area contributed by atoms with E-state index in [1.807, 2.05) is 0 Å². The second-order valence-corrected chi connectivity index (χ2v) is 7.98. The van der Waals surface area contributed by atoms with Gasteiger partial charge >= 0.3 is 11.6 Å². The molecule has 0 saturated heterocycles. The molecular weight excluding hydrogens is 440 g/mol. The molecule has 4 rings (SSSR count). The third-order valence-corrected chi connectivity index (χ3v) is 5.77. The maximum absolute atomic E-state index is 12.9. The number of carbonyl (C=O) groups excluding carboxylic acids is 3. The predicted octanol–water partition coefficient (Wildman–Crippen LogP) is 2.96. The zero-order chi connectivity index (χ0) is 24.4. The van der Waals surface area contributed by atoms with Crippen LogP contribution < -0.4 is 20.6 Å². The number of esters is 1. The first-order valence-electron chi connectivity index (χ1n) is 10.8. The standard InChI is InChI=1S/C25H24N2O7/c1-14-17-9-8-16(32-3)12-21(17)34-25(31)18(14)10-11-23(29)33-15(2)24(30)27-13-22(28)26-19-6-4-5-7-20(19)27/h4-9,12,15H,10-11,13H2,1-3H3,(H,26,28). The number of amides is 2. The molecule has 1 aliphatic heterocycles. The number of rotatable bonds is 6. The van der Waals surface area contributed by atoms with Crippen LogP contribution >= 0.6 is 0 Å². The van der Waals surface area contributed by atoms with Gasteiger partial charge in [-0.15, -0.1) is 0 Å². The molecule has 2 amide bonds. The molecule has 2 aromatic carbocycles. The Balaban J connectivity index is 1.43. The molecule has 1 N–H and O–H groups in total.